The molecule has 0 fully saturated rings. The molecule has 0 unspecified atom stereocenters. The van der Waals surface area contributed by atoms with Crippen molar-refractivity contribution >= 4 is 20.6 Å². The Balaban J connectivity index is 1.58. The molecule has 1 aromatic heterocycles. The zero-order chi connectivity index (χ0) is 28.1. The fourth-order valence-corrected chi connectivity index (χ4v) is 15.1. The van der Waals surface area contributed by atoms with Crippen LogP contribution >= 0.6 is 11.3 Å². The van der Waals surface area contributed by atoms with Crippen LogP contribution in [0.3, 0.4) is 0 Å². The second-order valence-corrected chi connectivity index (χ2v) is 20.3. The minimum atomic E-state index is -2.40. The number of hydrogen-bond donors (Lipinski definition) is 0. The van der Waals surface area contributed by atoms with Crippen LogP contribution in [-0.2, 0) is 38.5 Å². The van der Waals surface area contributed by atoms with Gasteiger partial charge in [0.05, 0.1) is 0 Å². The van der Waals surface area contributed by atoms with Crippen LogP contribution in [0.25, 0.3) is 16.7 Å². The Hall–Kier alpha value is -2.41. The summed E-state index contributed by atoms with van der Waals surface area (Å²) in [6, 6.07) is 28.3. The normalized spacial score (nSPS) is 15.6. The molecule has 0 N–H and O–H groups in total. The number of allylic oxidation sites excluding steroid dienone is 4. The molecule has 2 aliphatic rings. The number of benzene rings is 3. The third-order valence-electron chi connectivity index (χ3n) is 8.57. The summed E-state index contributed by atoms with van der Waals surface area (Å²) in [5.41, 5.74) is 13.5. The van der Waals surface area contributed by atoms with E-state index in [0.717, 1.165) is 12.8 Å². The van der Waals surface area contributed by atoms with E-state index in [4.69, 9.17) is 0 Å². The van der Waals surface area contributed by atoms with Gasteiger partial charge in [0, 0.05) is 0 Å². The van der Waals surface area contributed by atoms with Gasteiger partial charge in [0.2, 0.25) is 0 Å². The predicted molar refractivity (Wildman–Crippen MR) is 172 cm³/mol. The molecule has 3 aromatic carbocycles. The molecule has 6 rings (SSSR count). The number of fused-ring (bicyclic) bond motifs is 3. The van der Waals surface area contributed by atoms with E-state index >= 15 is 0 Å². The molecule has 202 valence electrons. The molecule has 0 nitrogen and oxygen atoms in total. The molecule has 0 bridgehead atoms. The van der Waals surface area contributed by atoms with Crippen LogP contribution in [0.2, 0.25) is 0 Å². The maximum atomic E-state index is 2.81. The van der Waals surface area contributed by atoms with Gasteiger partial charge in [-0.3, -0.25) is 0 Å². The summed E-state index contributed by atoms with van der Waals surface area (Å²) in [6.45, 7) is 14.0. The minimum absolute atomic E-state index is 0.125. The molecule has 0 saturated heterocycles. The van der Waals surface area contributed by atoms with Gasteiger partial charge in [0.15, 0.2) is 0 Å². The molecule has 4 aromatic rings. The van der Waals surface area contributed by atoms with Crippen molar-refractivity contribution in [2.24, 2.45) is 0 Å². The Morgan fingerprint density at radius 3 is 1.98 bits per heavy atom. The fourth-order valence-electron chi connectivity index (χ4n) is 6.24. The van der Waals surface area contributed by atoms with Crippen molar-refractivity contribution in [3.8, 4) is 11.1 Å². The monoisotopic (exact) mass is 618 g/mol. The molecule has 0 saturated carbocycles. The molecular formula is C38H40SZr. The van der Waals surface area contributed by atoms with E-state index in [-0.39, 0.29) is 10.8 Å². The first-order valence-electron chi connectivity index (χ1n) is 14.6. The summed E-state index contributed by atoms with van der Waals surface area (Å²) >= 11 is -0.590. The van der Waals surface area contributed by atoms with Gasteiger partial charge in [0.25, 0.3) is 0 Å². The molecule has 0 radical (unpaired) electrons. The first-order valence-corrected chi connectivity index (χ1v) is 19.6. The molecule has 2 aliphatic carbocycles. The summed E-state index contributed by atoms with van der Waals surface area (Å²) in [5, 5.41) is 4.57. The van der Waals surface area contributed by atoms with Crippen LogP contribution < -0.4 is 0 Å². The summed E-state index contributed by atoms with van der Waals surface area (Å²) in [7, 11) is 0. The summed E-state index contributed by atoms with van der Waals surface area (Å²) in [5.74, 6) is 0. The Morgan fingerprint density at radius 1 is 0.800 bits per heavy atom. The van der Waals surface area contributed by atoms with E-state index in [0.29, 0.717) is 3.63 Å². The van der Waals surface area contributed by atoms with Gasteiger partial charge in [-0.1, -0.05) is 0 Å². The van der Waals surface area contributed by atoms with E-state index in [1.165, 1.54) is 39.0 Å². The van der Waals surface area contributed by atoms with Crippen molar-refractivity contribution in [1.82, 2.24) is 0 Å². The quantitative estimate of drug-likeness (QED) is 0.208. The van der Waals surface area contributed by atoms with Crippen molar-refractivity contribution in [2.75, 3.05) is 0 Å². The second-order valence-electron chi connectivity index (χ2n) is 13.4. The van der Waals surface area contributed by atoms with E-state index in [9.17, 15) is 0 Å². The zero-order valence-corrected chi connectivity index (χ0v) is 28.0. The fraction of sp³-hybridized carbons (Fsp3) is 0.289. The molecule has 2 heteroatoms. The van der Waals surface area contributed by atoms with Crippen LogP contribution in [0.5, 0.6) is 0 Å². The zero-order valence-electron chi connectivity index (χ0n) is 24.7. The van der Waals surface area contributed by atoms with Gasteiger partial charge in [-0.25, -0.2) is 0 Å². The summed E-state index contributed by atoms with van der Waals surface area (Å²) in [6.07, 6.45) is 6.99. The van der Waals surface area contributed by atoms with Crippen molar-refractivity contribution in [3.63, 3.8) is 0 Å². The first-order chi connectivity index (χ1) is 19.1. The van der Waals surface area contributed by atoms with Gasteiger partial charge < -0.3 is 0 Å². The van der Waals surface area contributed by atoms with E-state index in [2.05, 4.69) is 141 Å². The van der Waals surface area contributed by atoms with E-state index in [1.54, 1.807) is 14.4 Å². The van der Waals surface area contributed by atoms with E-state index in [1.807, 2.05) is 11.3 Å². The average Bonchev–Trinajstić information content (AvgIpc) is 3.68. The Labute approximate surface area is 252 Å². The van der Waals surface area contributed by atoms with E-state index < -0.39 is 21.3 Å². The van der Waals surface area contributed by atoms with Gasteiger partial charge in [-0.2, -0.15) is 0 Å². The topological polar surface area (TPSA) is 0 Å². The predicted octanol–water partition coefficient (Wildman–Crippen LogP) is 10.4. The van der Waals surface area contributed by atoms with Crippen molar-refractivity contribution in [2.45, 2.75) is 68.8 Å². The van der Waals surface area contributed by atoms with Crippen LogP contribution in [0.15, 0.2) is 99.0 Å². The standard InChI is InChI=1S/C21H25.C9H7S.C8H8.Zr/c1-20(2,3)16-9-7-14-11-15-8-10-17(21(4,5)6)13-19(15)18(14)12-16;1-2-4-8(3-1)9-5-6-10-7-9;1-2-8-6-4-3-5-7-8;/h7-13H,1-6H3;1,3,5-7H,2H2;1,3-7H,2H2;. The van der Waals surface area contributed by atoms with Crippen LogP contribution in [0, 0.1) is 0 Å². The van der Waals surface area contributed by atoms with Gasteiger partial charge in [-0.05, 0) is 0 Å². The summed E-state index contributed by atoms with van der Waals surface area (Å²) < 4.78 is 5.06. The van der Waals surface area contributed by atoms with Crippen LogP contribution in [-0.4, -0.2) is 3.71 Å². The molecule has 0 aliphatic heterocycles. The van der Waals surface area contributed by atoms with Gasteiger partial charge in [-0.15, -0.1) is 0 Å². The molecular weight excluding hydrogens is 580 g/mol. The Bertz CT molecular complexity index is 1570. The van der Waals surface area contributed by atoms with Gasteiger partial charge >= 0.3 is 254 Å². The van der Waals surface area contributed by atoms with Crippen LogP contribution in [0.4, 0.5) is 0 Å². The van der Waals surface area contributed by atoms with Crippen molar-refractivity contribution < 1.29 is 21.3 Å². The molecule has 0 spiro atoms. The Kier molecular flexibility index (Phi) is 7.47. The average molecular weight is 620 g/mol. The number of rotatable bonds is 5. The van der Waals surface area contributed by atoms with Crippen LogP contribution in [0.1, 0.15) is 85.0 Å². The molecule has 1 heterocycles. The number of thiophene rings is 1. The van der Waals surface area contributed by atoms with Gasteiger partial charge in [0.1, 0.15) is 0 Å². The van der Waals surface area contributed by atoms with Crippen molar-refractivity contribution in [3.05, 3.63) is 132 Å². The first kappa shape index (κ1) is 27.7. The third-order valence-corrected chi connectivity index (χ3v) is 16.8. The molecule has 0 atom stereocenters. The summed E-state index contributed by atoms with van der Waals surface area (Å²) in [4.78, 5) is 0. The third kappa shape index (κ3) is 5.31. The maximum absolute atomic E-state index is 2.81. The SMILES string of the molecule is CC(C)(C)c1ccc2c(c1)-c1cc(C(C)(C)C)ccc1[CH]2[Zr](=[CH]Cc1ccccc1)[C]1=C(c2ccsc2)C=CC1. The number of hydrogen-bond acceptors (Lipinski definition) is 1. The van der Waals surface area contributed by atoms with Crippen molar-refractivity contribution in [1.29, 1.82) is 0 Å². The molecule has 40 heavy (non-hydrogen) atoms. The second kappa shape index (κ2) is 10.8. The molecule has 0 amide bonds. The Morgan fingerprint density at radius 2 is 1.43 bits per heavy atom.